The zero-order valence-corrected chi connectivity index (χ0v) is 11.7. The molecular weight excluding hydrogens is 282 g/mol. The van der Waals surface area contributed by atoms with Crippen LogP contribution in [0.3, 0.4) is 0 Å². The quantitative estimate of drug-likeness (QED) is 0.811. The van der Waals surface area contributed by atoms with Crippen LogP contribution in [-0.2, 0) is 13.0 Å². The summed E-state index contributed by atoms with van der Waals surface area (Å²) in [6, 6.07) is 0. The standard InChI is InChI=1S/C12H14ClN5O2/c1-3-6-18-12(19)11(13)9(7-15-18)14-5-4-10-16-8(2)17-20-10/h3,7,14H,1,4-6H2,2H3. The molecule has 0 spiro atoms. The number of aromatic nitrogens is 4. The van der Waals surface area contributed by atoms with E-state index in [4.69, 9.17) is 16.1 Å². The van der Waals surface area contributed by atoms with E-state index in [2.05, 4.69) is 27.1 Å². The fourth-order valence-electron chi connectivity index (χ4n) is 1.59. The van der Waals surface area contributed by atoms with Gasteiger partial charge in [-0.2, -0.15) is 10.1 Å². The lowest BCUT2D eigenvalue weighted by molar-refractivity contribution is 0.377. The Morgan fingerprint density at radius 2 is 2.40 bits per heavy atom. The zero-order valence-electron chi connectivity index (χ0n) is 11.0. The number of halogens is 1. The summed E-state index contributed by atoms with van der Waals surface area (Å²) in [7, 11) is 0. The predicted octanol–water partition coefficient (Wildman–Crippen LogP) is 1.43. The summed E-state index contributed by atoms with van der Waals surface area (Å²) in [5.74, 6) is 1.12. The van der Waals surface area contributed by atoms with Gasteiger partial charge in [-0.3, -0.25) is 4.79 Å². The van der Waals surface area contributed by atoms with Crippen molar-refractivity contribution in [3.05, 3.63) is 45.9 Å². The summed E-state index contributed by atoms with van der Waals surface area (Å²) in [5.41, 5.74) is 0.124. The molecule has 0 aliphatic rings. The van der Waals surface area contributed by atoms with Crippen LogP contribution in [-0.4, -0.2) is 26.5 Å². The molecule has 20 heavy (non-hydrogen) atoms. The molecule has 0 saturated heterocycles. The molecule has 2 aromatic heterocycles. The topological polar surface area (TPSA) is 85.8 Å². The van der Waals surface area contributed by atoms with Crippen molar-refractivity contribution in [3.63, 3.8) is 0 Å². The van der Waals surface area contributed by atoms with Crippen LogP contribution in [0.25, 0.3) is 0 Å². The number of anilines is 1. The van der Waals surface area contributed by atoms with Crippen LogP contribution in [0.1, 0.15) is 11.7 Å². The van der Waals surface area contributed by atoms with Gasteiger partial charge in [-0.15, -0.1) is 6.58 Å². The maximum atomic E-state index is 11.9. The van der Waals surface area contributed by atoms with Crippen molar-refractivity contribution < 1.29 is 4.52 Å². The number of rotatable bonds is 6. The van der Waals surface area contributed by atoms with Crippen LogP contribution in [0.2, 0.25) is 5.02 Å². The van der Waals surface area contributed by atoms with Crippen molar-refractivity contribution in [2.75, 3.05) is 11.9 Å². The Kier molecular flexibility index (Phi) is 4.52. The minimum absolute atomic E-state index is 0.101. The Morgan fingerprint density at radius 3 is 3.05 bits per heavy atom. The van der Waals surface area contributed by atoms with E-state index in [1.54, 1.807) is 13.0 Å². The largest absolute Gasteiger partial charge is 0.382 e. The molecule has 7 nitrogen and oxygen atoms in total. The van der Waals surface area contributed by atoms with Crippen molar-refractivity contribution in [1.29, 1.82) is 0 Å². The molecule has 0 amide bonds. The highest BCUT2D eigenvalue weighted by atomic mass is 35.5. The normalized spacial score (nSPS) is 10.5. The molecule has 8 heteroatoms. The van der Waals surface area contributed by atoms with Crippen LogP contribution in [0.4, 0.5) is 5.69 Å². The highest BCUT2D eigenvalue weighted by Crippen LogP contribution is 2.15. The third-order valence-corrected chi connectivity index (χ3v) is 2.88. The first-order valence-electron chi connectivity index (χ1n) is 6.01. The molecule has 2 rings (SSSR count). The second-order valence-electron chi connectivity index (χ2n) is 4.06. The van der Waals surface area contributed by atoms with Gasteiger partial charge >= 0.3 is 0 Å². The van der Waals surface area contributed by atoms with Gasteiger partial charge in [0, 0.05) is 13.0 Å². The molecule has 0 aliphatic carbocycles. The first-order chi connectivity index (χ1) is 9.61. The number of allylic oxidation sites excluding steroid dienone is 1. The second-order valence-corrected chi connectivity index (χ2v) is 4.44. The van der Waals surface area contributed by atoms with Crippen LogP contribution in [0.15, 0.2) is 28.2 Å². The van der Waals surface area contributed by atoms with Gasteiger partial charge in [0.1, 0.15) is 5.02 Å². The lowest BCUT2D eigenvalue weighted by Gasteiger charge is -2.08. The van der Waals surface area contributed by atoms with Gasteiger partial charge in [-0.25, -0.2) is 4.68 Å². The maximum absolute atomic E-state index is 11.9. The number of nitrogens with zero attached hydrogens (tertiary/aromatic N) is 4. The lowest BCUT2D eigenvalue weighted by atomic mass is 10.4. The summed E-state index contributed by atoms with van der Waals surface area (Å²) in [6.45, 7) is 6.13. The fraction of sp³-hybridized carbons (Fsp3) is 0.333. The number of nitrogens with one attached hydrogen (secondary N) is 1. The van der Waals surface area contributed by atoms with E-state index in [0.29, 0.717) is 36.9 Å². The van der Waals surface area contributed by atoms with E-state index in [0.717, 1.165) is 0 Å². The molecule has 0 aliphatic heterocycles. The first-order valence-corrected chi connectivity index (χ1v) is 6.39. The van der Waals surface area contributed by atoms with Crippen molar-refractivity contribution in [3.8, 4) is 0 Å². The van der Waals surface area contributed by atoms with Crippen molar-refractivity contribution >= 4 is 17.3 Å². The van der Waals surface area contributed by atoms with Gasteiger partial charge in [0.05, 0.1) is 18.4 Å². The molecule has 106 valence electrons. The van der Waals surface area contributed by atoms with Crippen LogP contribution in [0.5, 0.6) is 0 Å². The molecule has 2 aromatic rings. The number of hydrogen-bond donors (Lipinski definition) is 1. The summed E-state index contributed by atoms with van der Waals surface area (Å²) in [5, 5.41) is 10.8. The van der Waals surface area contributed by atoms with E-state index < -0.39 is 0 Å². The highest BCUT2D eigenvalue weighted by molar-refractivity contribution is 6.32. The zero-order chi connectivity index (χ0) is 14.5. The van der Waals surface area contributed by atoms with Crippen LogP contribution in [0, 0.1) is 6.92 Å². The molecule has 0 saturated carbocycles. The number of aryl methyl sites for hydroxylation is 1. The van der Waals surface area contributed by atoms with Crippen molar-refractivity contribution in [2.45, 2.75) is 19.9 Å². The Bertz CT molecular complexity index is 664. The summed E-state index contributed by atoms with van der Waals surface area (Å²) in [6.07, 6.45) is 3.62. The summed E-state index contributed by atoms with van der Waals surface area (Å²) >= 11 is 6.00. The SMILES string of the molecule is C=CCn1ncc(NCCc2nc(C)no2)c(Cl)c1=O. The summed E-state index contributed by atoms with van der Waals surface area (Å²) in [4.78, 5) is 15.9. The van der Waals surface area contributed by atoms with E-state index in [9.17, 15) is 4.79 Å². The molecule has 0 atom stereocenters. The fourth-order valence-corrected chi connectivity index (χ4v) is 1.80. The van der Waals surface area contributed by atoms with Crippen molar-refractivity contribution in [1.82, 2.24) is 19.9 Å². The first kappa shape index (κ1) is 14.3. The van der Waals surface area contributed by atoms with E-state index >= 15 is 0 Å². The number of hydrogen-bond acceptors (Lipinski definition) is 6. The monoisotopic (exact) mass is 295 g/mol. The van der Waals surface area contributed by atoms with Gasteiger partial charge < -0.3 is 9.84 Å². The van der Waals surface area contributed by atoms with Gasteiger partial charge in [0.15, 0.2) is 5.82 Å². The van der Waals surface area contributed by atoms with Gasteiger partial charge in [0.25, 0.3) is 5.56 Å². The smallest absolute Gasteiger partial charge is 0.287 e. The second kappa shape index (κ2) is 6.33. The average Bonchev–Trinajstić information content (AvgIpc) is 2.84. The molecule has 1 N–H and O–H groups in total. The van der Waals surface area contributed by atoms with E-state index in [1.807, 2.05) is 0 Å². The molecule has 0 aromatic carbocycles. The third-order valence-electron chi connectivity index (χ3n) is 2.51. The van der Waals surface area contributed by atoms with Crippen molar-refractivity contribution in [2.24, 2.45) is 0 Å². The van der Waals surface area contributed by atoms with Crippen LogP contribution >= 0.6 is 11.6 Å². The Balaban J connectivity index is 2.01. The summed E-state index contributed by atoms with van der Waals surface area (Å²) < 4.78 is 6.22. The predicted molar refractivity (Wildman–Crippen MR) is 74.9 cm³/mol. The Morgan fingerprint density at radius 1 is 1.60 bits per heavy atom. The molecule has 0 unspecified atom stereocenters. The Labute approximate surface area is 120 Å². The highest BCUT2D eigenvalue weighted by Gasteiger charge is 2.09. The average molecular weight is 296 g/mol. The minimum Gasteiger partial charge on any atom is -0.382 e. The molecule has 0 radical (unpaired) electrons. The third kappa shape index (κ3) is 3.24. The Hall–Kier alpha value is -2.15. The molecular formula is C12H14ClN5O2. The van der Waals surface area contributed by atoms with Gasteiger partial charge in [-0.1, -0.05) is 22.8 Å². The van der Waals surface area contributed by atoms with E-state index in [1.165, 1.54) is 10.9 Å². The van der Waals surface area contributed by atoms with E-state index in [-0.39, 0.29) is 10.6 Å². The maximum Gasteiger partial charge on any atom is 0.287 e. The molecule has 0 bridgehead atoms. The lowest BCUT2D eigenvalue weighted by Crippen LogP contribution is -2.24. The molecule has 2 heterocycles. The van der Waals surface area contributed by atoms with Gasteiger partial charge in [0.2, 0.25) is 5.89 Å². The molecule has 0 fully saturated rings. The van der Waals surface area contributed by atoms with Gasteiger partial charge in [-0.05, 0) is 6.92 Å². The minimum atomic E-state index is -0.356. The van der Waals surface area contributed by atoms with Crippen LogP contribution < -0.4 is 10.9 Å².